The average molecular weight is 634 g/mol. The fourth-order valence-electron chi connectivity index (χ4n) is 5.24. The van der Waals surface area contributed by atoms with E-state index in [1.165, 1.54) is 30.7 Å². The third-order valence-corrected chi connectivity index (χ3v) is 7.44. The molecule has 0 bridgehead atoms. The maximum Gasteiger partial charge on any atom is 0.253 e. The lowest BCUT2D eigenvalue weighted by molar-refractivity contribution is 0.0755. The van der Waals surface area contributed by atoms with Crippen LogP contribution in [0, 0.1) is 11.6 Å². The van der Waals surface area contributed by atoms with Crippen LogP contribution >= 0.6 is 0 Å². The molecule has 0 saturated heterocycles. The maximum absolute atomic E-state index is 14.1. The number of nitrogens with zero attached hydrogens (tertiary/aromatic N) is 3. The number of benzene rings is 2. The number of hydrogen-bond acceptors (Lipinski definition) is 7. The summed E-state index contributed by atoms with van der Waals surface area (Å²) in [5.74, 6) is -2.11. The van der Waals surface area contributed by atoms with Crippen LogP contribution in [0.25, 0.3) is 11.5 Å². The molecule has 46 heavy (non-hydrogen) atoms. The zero-order chi connectivity index (χ0) is 33.1. The van der Waals surface area contributed by atoms with Gasteiger partial charge in [-0.3, -0.25) is 14.6 Å². The second-order valence-corrected chi connectivity index (χ2v) is 11.2. The fraction of sp³-hybridized carbons (Fsp3) is 0.371. The van der Waals surface area contributed by atoms with Crippen LogP contribution in [-0.4, -0.2) is 63.6 Å². The molecule has 0 unspecified atom stereocenters. The number of pyridine rings is 1. The highest BCUT2D eigenvalue weighted by atomic mass is 19.1. The highest BCUT2D eigenvalue weighted by molar-refractivity contribution is 6.01. The van der Waals surface area contributed by atoms with Gasteiger partial charge in [0.15, 0.2) is 0 Å². The molecule has 2 atom stereocenters. The Kier molecular flexibility index (Phi) is 12.5. The molecule has 2 aromatic heterocycles. The van der Waals surface area contributed by atoms with Crippen LogP contribution in [-0.2, 0) is 19.4 Å². The molecule has 0 aliphatic rings. The molecule has 0 spiro atoms. The molecule has 0 aliphatic carbocycles. The first-order valence-electron chi connectivity index (χ1n) is 15.6. The van der Waals surface area contributed by atoms with Gasteiger partial charge in [-0.2, -0.15) is 0 Å². The molecule has 4 aromatic rings. The van der Waals surface area contributed by atoms with E-state index in [0.717, 1.165) is 36.7 Å². The Hall–Kier alpha value is -4.48. The molecular formula is C35H41F2N5O4. The summed E-state index contributed by atoms with van der Waals surface area (Å²) in [6.07, 6.45) is 3.99. The van der Waals surface area contributed by atoms with Crippen LogP contribution in [0.2, 0.25) is 0 Å². The number of amides is 2. The number of aryl methyl sites for hydroxylation is 1. The predicted molar refractivity (Wildman–Crippen MR) is 171 cm³/mol. The van der Waals surface area contributed by atoms with Gasteiger partial charge in [0.2, 0.25) is 5.89 Å². The van der Waals surface area contributed by atoms with E-state index >= 15 is 0 Å². The molecule has 3 N–H and O–H groups in total. The second kappa shape index (κ2) is 16.7. The molecule has 2 aromatic carbocycles. The van der Waals surface area contributed by atoms with Crippen molar-refractivity contribution in [2.45, 2.75) is 65.1 Å². The van der Waals surface area contributed by atoms with Gasteiger partial charge >= 0.3 is 0 Å². The normalized spacial score (nSPS) is 12.5. The van der Waals surface area contributed by atoms with Crippen LogP contribution in [0.1, 0.15) is 71.3 Å². The van der Waals surface area contributed by atoms with Crippen LogP contribution in [0.15, 0.2) is 71.5 Å². The summed E-state index contributed by atoms with van der Waals surface area (Å²) in [5.41, 5.74) is 2.86. The summed E-state index contributed by atoms with van der Waals surface area (Å²) in [6, 6.07) is 12.6. The largest absolute Gasteiger partial charge is 0.445 e. The predicted octanol–water partition coefficient (Wildman–Crippen LogP) is 5.33. The molecule has 244 valence electrons. The van der Waals surface area contributed by atoms with E-state index in [1.807, 2.05) is 39.0 Å². The average Bonchev–Trinajstić information content (AvgIpc) is 3.59. The van der Waals surface area contributed by atoms with Crippen LogP contribution in [0.4, 0.5) is 8.78 Å². The van der Waals surface area contributed by atoms with Gasteiger partial charge in [-0.25, -0.2) is 13.8 Å². The molecule has 0 fully saturated rings. The van der Waals surface area contributed by atoms with Crippen molar-refractivity contribution < 1.29 is 27.9 Å². The third-order valence-electron chi connectivity index (χ3n) is 7.44. The highest BCUT2D eigenvalue weighted by Crippen LogP contribution is 2.23. The number of hydrogen-bond donors (Lipinski definition) is 3. The molecule has 0 radical (unpaired) electrons. The topological polar surface area (TPSA) is 121 Å². The van der Waals surface area contributed by atoms with E-state index in [9.17, 15) is 23.5 Å². The van der Waals surface area contributed by atoms with Crippen LogP contribution in [0.3, 0.4) is 0 Å². The van der Waals surface area contributed by atoms with Crippen molar-refractivity contribution in [2.75, 3.05) is 19.6 Å². The van der Waals surface area contributed by atoms with Gasteiger partial charge < -0.3 is 25.1 Å². The van der Waals surface area contributed by atoms with E-state index in [0.29, 0.717) is 25.2 Å². The van der Waals surface area contributed by atoms with Crippen molar-refractivity contribution in [3.8, 4) is 11.5 Å². The summed E-state index contributed by atoms with van der Waals surface area (Å²) in [4.78, 5) is 37.8. The smallest absolute Gasteiger partial charge is 0.253 e. The SMILES string of the molecule is CCCN(CCC)C(=O)c1cc(C(=O)N[C@H](Cc2cc(F)cc(F)c2)[C@@H](O)CNCc2cccc(CC)n2)cc(-c2ncco2)c1. The van der Waals surface area contributed by atoms with Crippen LogP contribution < -0.4 is 10.6 Å². The number of rotatable bonds is 16. The minimum absolute atomic E-state index is 0.0567. The summed E-state index contributed by atoms with van der Waals surface area (Å²) in [5, 5.41) is 17.3. The fourth-order valence-corrected chi connectivity index (χ4v) is 5.24. The summed E-state index contributed by atoms with van der Waals surface area (Å²) < 4.78 is 33.6. The number of halogens is 2. The van der Waals surface area contributed by atoms with E-state index in [2.05, 4.69) is 20.6 Å². The van der Waals surface area contributed by atoms with Gasteiger partial charge in [0.05, 0.1) is 24.0 Å². The molecule has 11 heteroatoms. The Morgan fingerprint density at radius 1 is 0.957 bits per heavy atom. The Labute approximate surface area is 268 Å². The maximum atomic E-state index is 14.1. The minimum atomic E-state index is -1.15. The van der Waals surface area contributed by atoms with Gasteiger partial charge in [0.1, 0.15) is 17.9 Å². The lowest BCUT2D eigenvalue weighted by Crippen LogP contribution is -2.48. The lowest BCUT2D eigenvalue weighted by Gasteiger charge is -2.25. The second-order valence-electron chi connectivity index (χ2n) is 11.2. The molecule has 2 heterocycles. The van der Waals surface area contributed by atoms with E-state index in [1.54, 1.807) is 17.0 Å². The summed E-state index contributed by atoms with van der Waals surface area (Å²) in [6.45, 7) is 7.53. The molecule has 0 saturated carbocycles. The van der Waals surface area contributed by atoms with Gasteiger partial charge in [-0.05, 0) is 73.7 Å². The number of aliphatic hydroxyl groups is 1. The van der Waals surface area contributed by atoms with Crippen molar-refractivity contribution in [2.24, 2.45) is 0 Å². The first-order valence-corrected chi connectivity index (χ1v) is 15.6. The van der Waals surface area contributed by atoms with Crippen LogP contribution in [0.5, 0.6) is 0 Å². The zero-order valence-electron chi connectivity index (χ0n) is 26.4. The van der Waals surface area contributed by atoms with Crippen molar-refractivity contribution in [1.82, 2.24) is 25.5 Å². The molecule has 9 nitrogen and oxygen atoms in total. The number of nitrogens with one attached hydrogen (secondary N) is 2. The molecule has 0 aliphatic heterocycles. The van der Waals surface area contributed by atoms with E-state index < -0.39 is 29.7 Å². The van der Waals surface area contributed by atoms with Gasteiger partial charge in [0, 0.05) is 54.6 Å². The van der Waals surface area contributed by atoms with Crippen molar-refractivity contribution in [3.63, 3.8) is 0 Å². The lowest BCUT2D eigenvalue weighted by atomic mass is 9.99. The highest BCUT2D eigenvalue weighted by Gasteiger charge is 2.25. The van der Waals surface area contributed by atoms with Crippen molar-refractivity contribution in [3.05, 3.63) is 107 Å². The van der Waals surface area contributed by atoms with E-state index in [-0.39, 0.29) is 41.5 Å². The monoisotopic (exact) mass is 633 g/mol. The van der Waals surface area contributed by atoms with Crippen molar-refractivity contribution >= 4 is 11.8 Å². The first-order chi connectivity index (χ1) is 22.2. The summed E-state index contributed by atoms with van der Waals surface area (Å²) in [7, 11) is 0. The number of carbonyl (C=O) groups excluding carboxylic acids is 2. The Balaban J connectivity index is 1.60. The Morgan fingerprint density at radius 3 is 2.30 bits per heavy atom. The zero-order valence-corrected chi connectivity index (χ0v) is 26.4. The summed E-state index contributed by atoms with van der Waals surface area (Å²) >= 11 is 0. The first kappa shape index (κ1) is 34.4. The molecule has 4 rings (SSSR count). The van der Waals surface area contributed by atoms with Crippen molar-refractivity contribution in [1.29, 1.82) is 0 Å². The standard InChI is InChI=1S/C35H41F2N5O4/c1-4-11-42(12-5-2)35(45)26-18-24(17-25(19-26)34-39-10-13-46-34)33(44)41-31(16-23-14-27(36)20-28(37)15-23)32(43)22-38-21-30-9-7-8-29(6-3)40-30/h7-10,13-15,17-20,31-32,38,43H,4-6,11-12,16,21-22H2,1-3H3,(H,41,44)/t31-,32+/m1/s1. The molecule has 2 amide bonds. The third kappa shape index (κ3) is 9.51. The number of carbonyl (C=O) groups is 2. The number of aromatic nitrogens is 2. The van der Waals surface area contributed by atoms with Gasteiger partial charge in [-0.1, -0.05) is 26.8 Å². The Morgan fingerprint density at radius 2 is 1.65 bits per heavy atom. The quantitative estimate of drug-likeness (QED) is 0.153. The Bertz CT molecular complexity index is 1570. The van der Waals surface area contributed by atoms with E-state index in [4.69, 9.17) is 4.42 Å². The van der Waals surface area contributed by atoms with Gasteiger partial charge in [0.25, 0.3) is 11.8 Å². The molecular weight excluding hydrogens is 592 g/mol. The van der Waals surface area contributed by atoms with Gasteiger partial charge in [-0.15, -0.1) is 0 Å². The minimum Gasteiger partial charge on any atom is -0.445 e. The number of aliphatic hydroxyl groups excluding tert-OH is 1. The number of oxazole rings is 1.